The molecule has 0 spiro atoms. The molecule has 1 unspecified atom stereocenters. The summed E-state index contributed by atoms with van der Waals surface area (Å²) in [6.07, 6.45) is 6.00. The maximum absolute atomic E-state index is 10.1. The van der Waals surface area contributed by atoms with Crippen LogP contribution in [0.2, 0.25) is 0 Å². The summed E-state index contributed by atoms with van der Waals surface area (Å²) in [4.78, 5) is 9.84. The number of unbranched alkanes of at least 4 members (excludes halogenated alkanes) is 2. The Hall–Kier alpha value is -0.130. The molecule has 12 heavy (non-hydrogen) atoms. The van der Waals surface area contributed by atoms with Crippen molar-refractivity contribution in [3.05, 3.63) is 22.8 Å². The van der Waals surface area contributed by atoms with Crippen molar-refractivity contribution in [1.29, 1.82) is 0 Å². The highest BCUT2D eigenvalue weighted by molar-refractivity contribution is 14.1. The van der Waals surface area contributed by atoms with Crippen molar-refractivity contribution in [2.45, 2.75) is 29.6 Å². The van der Waals surface area contributed by atoms with E-state index in [9.17, 15) is 10.1 Å². The predicted molar refractivity (Wildman–Crippen MR) is 58.3 cm³/mol. The van der Waals surface area contributed by atoms with Crippen LogP contribution in [0.25, 0.3) is 0 Å². The number of allylic oxidation sites excluding steroid dienone is 1. The topological polar surface area (TPSA) is 43.1 Å². The van der Waals surface area contributed by atoms with Crippen LogP contribution < -0.4 is 0 Å². The smallest absolute Gasteiger partial charge is 0.215 e. The molecule has 0 saturated carbocycles. The second kappa shape index (κ2) is 7.52. The average Bonchev–Trinajstić information content (AvgIpc) is 1.97. The summed E-state index contributed by atoms with van der Waals surface area (Å²) in [6.45, 7) is 3.71. The Morgan fingerprint density at radius 2 is 2.25 bits per heavy atom. The van der Waals surface area contributed by atoms with E-state index in [1.807, 2.05) is 6.08 Å². The number of hydrogen-bond donors (Lipinski definition) is 0. The molecule has 0 bridgehead atoms. The lowest BCUT2D eigenvalue weighted by molar-refractivity contribution is -0.478. The number of alkyl halides is 1. The molecule has 0 amide bonds. The summed E-state index contributed by atoms with van der Waals surface area (Å²) >= 11 is 2.14. The van der Waals surface area contributed by atoms with Gasteiger partial charge in [-0.05, 0) is 19.3 Å². The highest BCUT2D eigenvalue weighted by Crippen LogP contribution is 2.11. The fourth-order valence-corrected chi connectivity index (χ4v) is 1.67. The van der Waals surface area contributed by atoms with Crippen molar-refractivity contribution in [3.8, 4) is 0 Å². The van der Waals surface area contributed by atoms with Crippen molar-refractivity contribution in [3.63, 3.8) is 0 Å². The highest BCUT2D eigenvalue weighted by Gasteiger charge is 2.09. The second-order valence-electron chi connectivity index (χ2n) is 2.69. The molecule has 0 radical (unpaired) electrons. The first-order valence-corrected chi connectivity index (χ1v) is 5.28. The first-order chi connectivity index (χ1) is 5.66. The Bertz CT molecular complexity index is 150. The van der Waals surface area contributed by atoms with Crippen LogP contribution in [0, 0.1) is 10.1 Å². The molecule has 0 aromatic rings. The van der Waals surface area contributed by atoms with Crippen LogP contribution in [0.3, 0.4) is 0 Å². The van der Waals surface area contributed by atoms with Crippen molar-refractivity contribution in [2.24, 2.45) is 0 Å². The second-order valence-corrected chi connectivity index (χ2v) is 4.45. The maximum atomic E-state index is 10.1. The Morgan fingerprint density at radius 1 is 1.58 bits per heavy atom. The van der Waals surface area contributed by atoms with Crippen LogP contribution in [0.1, 0.15) is 25.7 Å². The van der Waals surface area contributed by atoms with Gasteiger partial charge in [-0.1, -0.05) is 35.1 Å². The van der Waals surface area contributed by atoms with Crippen LogP contribution >= 0.6 is 22.6 Å². The minimum atomic E-state index is -0.245. The predicted octanol–water partition coefficient (Wildman–Crippen LogP) is 2.81. The van der Waals surface area contributed by atoms with E-state index < -0.39 is 0 Å². The van der Waals surface area contributed by atoms with E-state index in [0.717, 1.165) is 25.7 Å². The molecule has 4 heteroatoms. The molecule has 1 atom stereocenters. The van der Waals surface area contributed by atoms with Crippen molar-refractivity contribution >= 4 is 22.6 Å². The van der Waals surface area contributed by atoms with Crippen molar-refractivity contribution in [2.75, 3.05) is 6.54 Å². The van der Waals surface area contributed by atoms with E-state index in [4.69, 9.17) is 0 Å². The Kier molecular flexibility index (Phi) is 7.43. The number of nitrogens with zero attached hydrogens (tertiary/aromatic N) is 1. The monoisotopic (exact) mass is 283 g/mol. The molecule has 0 aromatic carbocycles. The number of hydrogen-bond acceptors (Lipinski definition) is 2. The standard InChI is InChI=1S/C8H14INO2/c1-2-3-4-5-6-8(9)7-10(11)12/h2,8H,1,3-7H2. The van der Waals surface area contributed by atoms with E-state index in [-0.39, 0.29) is 15.4 Å². The molecule has 0 rings (SSSR count). The lowest BCUT2D eigenvalue weighted by Crippen LogP contribution is -2.13. The first kappa shape index (κ1) is 11.9. The fourth-order valence-electron chi connectivity index (χ4n) is 0.908. The lowest BCUT2D eigenvalue weighted by atomic mass is 10.1. The van der Waals surface area contributed by atoms with Gasteiger partial charge in [-0.15, -0.1) is 6.58 Å². The minimum absolute atomic E-state index is 0.0919. The van der Waals surface area contributed by atoms with Gasteiger partial charge in [0.1, 0.15) is 0 Å². The van der Waals surface area contributed by atoms with E-state index in [1.54, 1.807) is 0 Å². The van der Waals surface area contributed by atoms with E-state index in [2.05, 4.69) is 29.2 Å². The Morgan fingerprint density at radius 3 is 2.75 bits per heavy atom. The lowest BCUT2D eigenvalue weighted by Gasteiger charge is -2.02. The van der Waals surface area contributed by atoms with E-state index in [0.29, 0.717) is 0 Å². The molecular formula is C8H14INO2. The molecule has 0 heterocycles. The SMILES string of the molecule is C=CCCCCC(I)C[N+](=O)[O-]. The summed E-state index contributed by atoms with van der Waals surface area (Å²) in [7, 11) is 0. The normalized spacial score (nSPS) is 12.4. The number of nitro groups is 1. The van der Waals surface area contributed by atoms with Crippen molar-refractivity contribution in [1.82, 2.24) is 0 Å². The van der Waals surface area contributed by atoms with Crippen LogP contribution in [0.4, 0.5) is 0 Å². The van der Waals surface area contributed by atoms with Gasteiger partial charge in [0.15, 0.2) is 0 Å². The third-order valence-corrected chi connectivity index (χ3v) is 2.54. The summed E-state index contributed by atoms with van der Waals surface area (Å²) in [5, 5.41) is 10.1. The average molecular weight is 283 g/mol. The zero-order valence-corrected chi connectivity index (χ0v) is 9.20. The largest absolute Gasteiger partial charge is 0.265 e. The molecule has 0 N–H and O–H groups in total. The maximum Gasteiger partial charge on any atom is 0.215 e. The van der Waals surface area contributed by atoms with Crippen LogP contribution in [-0.2, 0) is 0 Å². The molecule has 0 saturated heterocycles. The van der Waals surface area contributed by atoms with E-state index in [1.165, 1.54) is 0 Å². The zero-order valence-electron chi connectivity index (χ0n) is 7.04. The number of halogens is 1. The summed E-state index contributed by atoms with van der Waals surface area (Å²) < 4.78 is 0.183. The van der Waals surface area contributed by atoms with Gasteiger partial charge in [-0.3, -0.25) is 10.1 Å². The molecule has 0 aliphatic rings. The zero-order chi connectivity index (χ0) is 9.40. The van der Waals surface area contributed by atoms with Gasteiger partial charge in [-0.2, -0.15) is 0 Å². The molecule has 0 fully saturated rings. The van der Waals surface area contributed by atoms with Gasteiger partial charge >= 0.3 is 0 Å². The molecule has 0 aliphatic heterocycles. The third kappa shape index (κ3) is 7.97. The van der Waals surface area contributed by atoms with Gasteiger partial charge in [0.25, 0.3) is 0 Å². The van der Waals surface area contributed by atoms with Gasteiger partial charge < -0.3 is 0 Å². The molecule has 0 aliphatic carbocycles. The molecule has 70 valence electrons. The van der Waals surface area contributed by atoms with Gasteiger partial charge in [0.2, 0.25) is 6.54 Å². The first-order valence-electron chi connectivity index (χ1n) is 4.03. The van der Waals surface area contributed by atoms with Crippen molar-refractivity contribution < 1.29 is 4.92 Å². The molecule has 0 aromatic heterocycles. The summed E-state index contributed by atoms with van der Waals surface area (Å²) in [6, 6.07) is 0. The minimum Gasteiger partial charge on any atom is -0.265 e. The van der Waals surface area contributed by atoms with Crippen LogP contribution in [0.5, 0.6) is 0 Å². The van der Waals surface area contributed by atoms with Crippen LogP contribution in [0.15, 0.2) is 12.7 Å². The fraction of sp³-hybridized carbons (Fsp3) is 0.750. The third-order valence-electron chi connectivity index (χ3n) is 1.52. The van der Waals surface area contributed by atoms with Gasteiger partial charge in [-0.25, -0.2) is 0 Å². The Labute approximate surface area is 86.5 Å². The quantitative estimate of drug-likeness (QED) is 0.180. The summed E-state index contributed by atoms with van der Waals surface area (Å²) in [5.74, 6) is 0. The summed E-state index contributed by atoms with van der Waals surface area (Å²) in [5.41, 5.74) is 0. The van der Waals surface area contributed by atoms with E-state index >= 15 is 0 Å². The molecular weight excluding hydrogens is 269 g/mol. The number of rotatable bonds is 7. The molecule has 3 nitrogen and oxygen atoms in total. The highest BCUT2D eigenvalue weighted by atomic mass is 127. The van der Waals surface area contributed by atoms with Gasteiger partial charge in [0.05, 0.1) is 3.92 Å². The van der Waals surface area contributed by atoms with Crippen LogP contribution in [-0.4, -0.2) is 15.4 Å². The van der Waals surface area contributed by atoms with Gasteiger partial charge in [0, 0.05) is 4.92 Å². The Balaban J connectivity index is 3.24.